The minimum Gasteiger partial charge on any atom is -0.298 e. The Kier molecular flexibility index (Phi) is 2.31. The topological polar surface area (TPSA) is 42.9 Å². The van der Waals surface area contributed by atoms with Crippen molar-refractivity contribution in [3.8, 4) is 0 Å². The highest BCUT2D eigenvalue weighted by molar-refractivity contribution is 9.10. The number of hydrogen-bond acceptors (Lipinski definition) is 4. The molecule has 0 unspecified atom stereocenters. The number of nitrogens with zero attached hydrogens (tertiary/aromatic N) is 2. The van der Waals surface area contributed by atoms with Gasteiger partial charge in [0.05, 0.1) is 15.3 Å². The second-order valence-corrected chi connectivity index (χ2v) is 4.34. The highest BCUT2D eigenvalue weighted by Crippen LogP contribution is 2.32. The number of aldehydes is 1. The third-order valence-electron chi connectivity index (χ3n) is 1.59. The van der Waals surface area contributed by atoms with Crippen molar-refractivity contribution in [2.24, 2.45) is 0 Å². The molecule has 0 atom stereocenters. The van der Waals surface area contributed by atoms with E-state index < -0.39 is 0 Å². The fourth-order valence-corrected chi connectivity index (χ4v) is 2.77. The van der Waals surface area contributed by atoms with Gasteiger partial charge in [-0.3, -0.25) is 4.79 Å². The van der Waals surface area contributed by atoms with Crippen LogP contribution in [-0.2, 0) is 0 Å². The van der Waals surface area contributed by atoms with Gasteiger partial charge in [-0.05, 0) is 33.5 Å². The van der Waals surface area contributed by atoms with Crippen LogP contribution in [0, 0.1) is 0 Å². The molecule has 66 valence electrons. The van der Waals surface area contributed by atoms with Crippen LogP contribution in [-0.4, -0.2) is 15.9 Å². The van der Waals surface area contributed by atoms with Crippen LogP contribution in [0.5, 0.6) is 0 Å². The Morgan fingerprint density at radius 1 is 1.62 bits per heavy atom. The quantitative estimate of drug-likeness (QED) is 0.753. The Morgan fingerprint density at radius 2 is 2.38 bits per heavy atom. The first-order valence-corrected chi connectivity index (χ1v) is 5.23. The Morgan fingerprint density at radius 3 is 3.08 bits per heavy atom. The molecule has 3 nitrogen and oxygen atoms in total. The minimum absolute atomic E-state index is 0.417. The molecule has 1 aromatic heterocycles. The van der Waals surface area contributed by atoms with Gasteiger partial charge in [0.1, 0.15) is 5.52 Å². The van der Waals surface area contributed by atoms with E-state index in [0.717, 1.165) is 27.0 Å². The monoisotopic (exact) mass is 276 g/mol. The molecule has 0 saturated carbocycles. The summed E-state index contributed by atoms with van der Waals surface area (Å²) in [4.78, 5) is 10.7. The molecule has 1 heterocycles. The van der Waals surface area contributed by atoms with E-state index in [1.165, 1.54) is 0 Å². The molecule has 0 aliphatic rings. The average Bonchev–Trinajstić information content (AvgIpc) is 2.53. The third kappa shape index (κ3) is 1.37. The zero-order valence-electron chi connectivity index (χ0n) is 6.12. The van der Waals surface area contributed by atoms with Crippen molar-refractivity contribution in [3.05, 3.63) is 21.1 Å². The lowest BCUT2D eigenvalue weighted by atomic mass is 10.2. The first-order chi connectivity index (χ1) is 6.24. The van der Waals surface area contributed by atoms with Crippen LogP contribution < -0.4 is 0 Å². The zero-order valence-corrected chi connectivity index (χ0v) is 9.28. The van der Waals surface area contributed by atoms with Gasteiger partial charge >= 0.3 is 0 Å². The number of fused-ring (bicyclic) bond motifs is 1. The second kappa shape index (κ2) is 3.32. The van der Waals surface area contributed by atoms with E-state index in [9.17, 15) is 4.79 Å². The van der Waals surface area contributed by atoms with Crippen molar-refractivity contribution in [2.75, 3.05) is 0 Å². The summed E-state index contributed by atoms with van der Waals surface area (Å²) < 4.78 is 5.23. The van der Waals surface area contributed by atoms with Crippen molar-refractivity contribution < 1.29 is 4.79 Å². The summed E-state index contributed by atoms with van der Waals surface area (Å²) in [6.45, 7) is 0. The molecule has 0 aliphatic carbocycles. The van der Waals surface area contributed by atoms with Gasteiger partial charge < -0.3 is 0 Å². The molecule has 0 fully saturated rings. The average molecular weight is 278 g/mol. The maximum absolute atomic E-state index is 10.7. The molecule has 0 amide bonds. The van der Waals surface area contributed by atoms with Crippen molar-refractivity contribution in [3.63, 3.8) is 0 Å². The lowest BCUT2D eigenvalue weighted by Crippen LogP contribution is -1.83. The van der Waals surface area contributed by atoms with E-state index in [4.69, 9.17) is 11.6 Å². The van der Waals surface area contributed by atoms with Gasteiger partial charge in [-0.25, -0.2) is 0 Å². The van der Waals surface area contributed by atoms with E-state index in [0.29, 0.717) is 16.1 Å². The second-order valence-electron chi connectivity index (χ2n) is 2.32. The zero-order chi connectivity index (χ0) is 9.42. The van der Waals surface area contributed by atoms with Crippen LogP contribution in [0.25, 0.3) is 10.2 Å². The van der Waals surface area contributed by atoms with Crippen LogP contribution in [0.4, 0.5) is 0 Å². The van der Waals surface area contributed by atoms with Gasteiger partial charge in [-0.1, -0.05) is 16.1 Å². The molecule has 13 heavy (non-hydrogen) atoms. The Bertz CT molecular complexity index is 485. The maximum Gasteiger partial charge on any atom is 0.153 e. The van der Waals surface area contributed by atoms with Crippen molar-refractivity contribution in [1.29, 1.82) is 0 Å². The molecule has 2 rings (SSSR count). The van der Waals surface area contributed by atoms with Gasteiger partial charge in [-0.2, -0.15) is 0 Å². The van der Waals surface area contributed by atoms with Gasteiger partial charge in [0.2, 0.25) is 0 Å². The predicted octanol–water partition coefficient (Wildman–Crippen LogP) is 2.92. The Labute approximate surface area is 91.0 Å². The van der Waals surface area contributed by atoms with Crippen molar-refractivity contribution >= 4 is 55.6 Å². The highest BCUT2D eigenvalue weighted by atomic mass is 79.9. The smallest absolute Gasteiger partial charge is 0.153 e. The van der Waals surface area contributed by atoms with E-state index in [1.807, 2.05) is 0 Å². The molecular weight excluding hydrogens is 276 g/mol. The fraction of sp³-hybridized carbons (Fsp3) is 0. The number of benzene rings is 1. The molecule has 1 aromatic carbocycles. The maximum atomic E-state index is 10.7. The summed E-state index contributed by atoms with van der Waals surface area (Å²) in [6.07, 6.45) is 0.719. The number of carbonyl (C=O) groups is 1. The number of rotatable bonds is 1. The molecule has 0 radical (unpaired) electrons. The molecule has 0 saturated heterocycles. The molecule has 2 aromatic rings. The Hall–Kier alpha value is -0.520. The molecule has 0 spiro atoms. The Balaban J connectivity index is 2.96. The molecule has 6 heteroatoms. The first kappa shape index (κ1) is 9.05. The van der Waals surface area contributed by atoms with Crippen molar-refractivity contribution in [1.82, 2.24) is 9.59 Å². The summed E-state index contributed by atoms with van der Waals surface area (Å²) in [5, 5.41) is 4.29. The van der Waals surface area contributed by atoms with Gasteiger partial charge in [0.25, 0.3) is 0 Å². The van der Waals surface area contributed by atoms with Crippen molar-refractivity contribution in [2.45, 2.75) is 0 Å². The number of carbonyl (C=O) groups excluding carboxylic acids is 1. The third-order valence-corrected chi connectivity index (χ3v) is 3.26. The normalized spacial score (nSPS) is 10.6. The fourth-order valence-electron chi connectivity index (χ4n) is 0.999. The number of hydrogen-bond donors (Lipinski definition) is 0. The standard InChI is InChI=1S/C7H2BrClN2OS/c8-4-1-5(9)3(2-12)7-6(4)10-11-13-7/h1-2H. The minimum atomic E-state index is 0.417. The summed E-state index contributed by atoms with van der Waals surface area (Å²) >= 11 is 10.3. The van der Waals surface area contributed by atoms with Gasteiger partial charge in [0.15, 0.2) is 6.29 Å². The SMILES string of the molecule is O=Cc1c(Cl)cc(Br)c2nnsc12. The van der Waals surface area contributed by atoms with E-state index in [2.05, 4.69) is 25.5 Å². The van der Waals surface area contributed by atoms with Gasteiger partial charge in [0, 0.05) is 4.47 Å². The van der Waals surface area contributed by atoms with E-state index in [-0.39, 0.29) is 0 Å². The first-order valence-electron chi connectivity index (χ1n) is 3.29. The molecular formula is C7H2BrClN2OS. The molecule has 0 N–H and O–H groups in total. The molecule has 0 aliphatic heterocycles. The van der Waals surface area contributed by atoms with Gasteiger partial charge in [-0.15, -0.1) is 5.10 Å². The van der Waals surface area contributed by atoms with Crippen LogP contribution >= 0.6 is 39.1 Å². The van der Waals surface area contributed by atoms with Crippen LogP contribution in [0.1, 0.15) is 10.4 Å². The largest absolute Gasteiger partial charge is 0.298 e. The molecule has 0 bridgehead atoms. The predicted molar refractivity (Wildman–Crippen MR) is 55.5 cm³/mol. The summed E-state index contributed by atoms with van der Waals surface area (Å²) in [7, 11) is 0. The summed E-state index contributed by atoms with van der Waals surface area (Å²) in [6, 6.07) is 1.65. The summed E-state index contributed by atoms with van der Waals surface area (Å²) in [5.41, 5.74) is 1.13. The highest BCUT2D eigenvalue weighted by Gasteiger charge is 2.12. The lowest BCUT2D eigenvalue weighted by molar-refractivity contribution is 0.112. The van der Waals surface area contributed by atoms with E-state index in [1.54, 1.807) is 6.07 Å². The summed E-state index contributed by atoms with van der Waals surface area (Å²) in [5.74, 6) is 0. The van der Waals surface area contributed by atoms with Crippen LogP contribution in [0.3, 0.4) is 0 Å². The van der Waals surface area contributed by atoms with Crippen LogP contribution in [0.2, 0.25) is 5.02 Å². The van der Waals surface area contributed by atoms with E-state index >= 15 is 0 Å². The number of halogens is 2. The lowest BCUT2D eigenvalue weighted by Gasteiger charge is -1.97. The van der Waals surface area contributed by atoms with Crippen LogP contribution in [0.15, 0.2) is 10.5 Å². The number of aromatic nitrogens is 2.